The normalized spacial score (nSPS) is 10.8. The minimum Gasteiger partial charge on any atom is -0.329 e. The molecule has 0 unspecified atom stereocenters. The number of hydrogen-bond donors (Lipinski definition) is 0. The maximum Gasteiger partial charge on any atom is 0.272 e. The molecule has 0 N–H and O–H groups in total. The van der Waals surface area contributed by atoms with Crippen LogP contribution in [0.15, 0.2) is 84.9 Å². The second-order valence-electron chi connectivity index (χ2n) is 8.14. The Hall–Kier alpha value is -3.66. The monoisotopic (exact) mass is 423 g/mol. The molecule has 0 bridgehead atoms. The fourth-order valence-electron chi connectivity index (χ4n) is 3.97. The van der Waals surface area contributed by atoms with Crippen LogP contribution in [0, 0.1) is 13.8 Å². The molecule has 0 fully saturated rings. The molecule has 0 aliphatic carbocycles. The van der Waals surface area contributed by atoms with Crippen LogP contribution >= 0.6 is 0 Å². The van der Waals surface area contributed by atoms with Crippen LogP contribution in [0.5, 0.6) is 0 Å². The highest BCUT2D eigenvalue weighted by Crippen LogP contribution is 2.22. The summed E-state index contributed by atoms with van der Waals surface area (Å²) in [6.45, 7) is 7.79. The summed E-state index contributed by atoms with van der Waals surface area (Å²) in [5.74, 6) is 0.00263. The lowest BCUT2D eigenvalue weighted by Crippen LogP contribution is -2.32. The van der Waals surface area contributed by atoms with Crippen molar-refractivity contribution in [3.05, 3.63) is 113 Å². The maximum absolute atomic E-state index is 13.6. The second kappa shape index (κ2) is 9.65. The van der Waals surface area contributed by atoms with Crippen LogP contribution < -0.4 is 0 Å². The molecule has 0 atom stereocenters. The summed E-state index contributed by atoms with van der Waals surface area (Å²) in [6.07, 6.45) is 0. The number of carbonyl (C=O) groups excluding carboxylic acids is 1. The molecular formula is C28H29N3O. The third-order valence-corrected chi connectivity index (χ3v) is 5.76. The standard InChI is InChI=1S/C28H29N3O/c1-4-31-27(18-22(3)29-31)28(32)30(20-26-13-9-8-10-21(26)2)19-23-14-16-25(17-15-23)24-11-6-5-7-12-24/h5-18H,4,19-20H2,1-3H3. The highest BCUT2D eigenvalue weighted by atomic mass is 16.2. The van der Waals surface area contributed by atoms with Crippen LogP contribution in [0.2, 0.25) is 0 Å². The van der Waals surface area contributed by atoms with E-state index in [0.717, 1.165) is 16.8 Å². The quantitative estimate of drug-likeness (QED) is 0.364. The van der Waals surface area contributed by atoms with E-state index in [1.54, 1.807) is 4.68 Å². The molecule has 1 heterocycles. The Labute approximate surface area is 190 Å². The lowest BCUT2D eigenvalue weighted by Gasteiger charge is -2.24. The average Bonchev–Trinajstić information content (AvgIpc) is 3.21. The SMILES string of the molecule is CCn1nc(C)cc1C(=O)N(Cc1ccc(-c2ccccc2)cc1)Cc1ccccc1C. The van der Waals surface area contributed by atoms with Crippen molar-refractivity contribution >= 4 is 5.91 Å². The van der Waals surface area contributed by atoms with Gasteiger partial charge in [-0.2, -0.15) is 5.10 Å². The van der Waals surface area contributed by atoms with E-state index in [1.807, 2.05) is 55.1 Å². The van der Waals surface area contributed by atoms with Gasteiger partial charge in [-0.1, -0.05) is 78.9 Å². The largest absolute Gasteiger partial charge is 0.329 e. The number of carbonyl (C=O) groups is 1. The molecule has 4 heteroatoms. The molecule has 4 aromatic rings. The number of aryl methyl sites for hydroxylation is 3. The van der Waals surface area contributed by atoms with Gasteiger partial charge < -0.3 is 4.90 Å². The van der Waals surface area contributed by atoms with Crippen LogP contribution in [0.1, 0.15) is 39.8 Å². The first kappa shape index (κ1) is 21.6. The lowest BCUT2D eigenvalue weighted by atomic mass is 10.0. The highest BCUT2D eigenvalue weighted by molar-refractivity contribution is 5.92. The van der Waals surface area contributed by atoms with E-state index in [0.29, 0.717) is 25.3 Å². The minimum absolute atomic E-state index is 0.00263. The molecule has 4 nitrogen and oxygen atoms in total. The van der Waals surface area contributed by atoms with E-state index in [4.69, 9.17) is 0 Å². The molecule has 0 aliphatic heterocycles. The molecule has 1 aromatic heterocycles. The van der Waals surface area contributed by atoms with Gasteiger partial charge >= 0.3 is 0 Å². The van der Waals surface area contributed by atoms with Gasteiger partial charge in [0.1, 0.15) is 5.69 Å². The van der Waals surface area contributed by atoms with Crippen molar-refractivity contribution in [3.8, 4) is 11.1 Å². The molecule has 1 amide bonds. The van der Waals surface area contributed by atoms with Crippen molar-refractivity contribution in [2.24, 2.45) is 0 Å². The van der Waals surface area contributed by atoms with Gasteiger partial charge in [-0.05, 0) is 54.7 Å². The maximum atomic E-state index is 13.6. The molecular weight excluding hydrogens is 394 g/mol. The number of benzene rings is 3. The van der Waals surface area contributed by atoms with Crippen LogP contribution in [-0.2, 0) is 19.6 Å². The third kappa shape index (κ3) is 4.80. The first-order chi connectivity index (χ1) is 15.5. The molecule has 0 aliphatic rings. The summed E-state index contributed by atoms with van der Waals surface area (Å²) in [4.78, 5) is 15.5. The van der Waals surface area contributed by atoms with E-state index >= 15 is 0 Å². The molecule has 0 saturated carbocycles. The lowest BCUT2D eigenvalue weighted by molar-refractivity contribution is 0.0717. The van der Waals surface area contributed by atoms with E-state index in [9.17, 15) is 4.79 Å². The molecule has 32 heavy (non-hydrogen) atoms. The van der Waals surface area contributed by atoms with E-state index in [-0.39, 0.29) is 5.91 Å². The van der Waals surface area contributed by atoms with E-state index in [2.05, 4.69) is 60.6 Å². The van der Waals surface area contributed by atoms with Crippen molar-refractivity contribution < 1.29 is 4.79 Å². The van der Waals surface area contributed by atoms with E-state index < -0.39 is 0 Å². The Balaban J connectivity index is 1.63. The Morgan fingerprint density at radius 1 is 0.844 bits per heavy atom. The summed E-state index contributed by atoms with van der Waals surface area (Å²) in [7, 11) is 0. The zero-order valence-electron chi connectivity index (χ0n) is 19.0. The van der Waals surface area contributed by atoms with Gasteiger partial charge in [0.2, 0.25) is 0 Å². The van der Waals surface area contributed by atoms with Crippen molar-refractivity contribution in [2.45, 2.75) is 40.4 Å². The number of amides is 1. The molecule has 0 saturated heterocycles. The topological polar surface area (TPSA) is 38.1 Å². The molecule has 4 rings (SSSR count). The fraction of sp³-hybridized carbons (Fsp3) is 0.214. The smallest absolute Gasteiger partial charge is 0.272 e. The van der Waals surface area contributed by atoms with Crippen molar-refractivity contribution in [1.82, 2.24) is 14.7 Å². The Morgan fingerprint density at radius 2 is 1.50 bits per heavy atom. The Morgan fingerprint density at radius 3 is 2.19 bits per heavy atom. The number of nitrogens with zero attached hydrogens (tertiary/aromatic N) is 3. The van der Waals surface area contributed by atoms with Crippen molar-refractivity contribution in [1.29, 1.82) is 0 Å². The first-order valence-electron chi connectivity index (χ1n) is 11.1. The zero-order chi connectivity index (χ0) is 22.5. The van der Waals surface area contributed by atoms with Gasteiger partial charge in [-0.3, -0.25) is 9.48 Å². The summed E-state index contributed by atoms with van der Waals surface area (Å²) >= 11 is 0. The summed E-state index contributed by atoms with van der Waals surface area (Å²) in [6, 6.07) is 28.9. The predicted molar refractivity (Wildman–Crippen MR) is 129 cm³/mol. The molecule has 3 aromatic carbocycles. The van der Waals surface area contributed by atoms with Gasteiger partial charge in [0.15, 0.2) is 0 Å². The molecule has 0 radical (unpaired) electrons. The minimum atomic E-state index is 0.00263. The number of aromatic nitrogens is 2. The van der Waals surface area contributed by atoms with Gasteiger partial charge in [-0.15, -0.1) is 0 Å². The fourth-order valence-corrected chi connectivity index (χ4v) is 3.97. The second-order valence-corrected chi connectivity index (χ2v) is 8.14. The van der Waals surface area contributed by atoms with Gasteiger partial charge in [0.05, 0.1) is 5.69 Å². The summed E-state index contributed by atoms with van der Waals surface area (Å²) < 4.78 is 1.79. The van der Waals surface area contributed by atoms with Crippen LogP contribution in [0.3, 0.4) is 0 Å². The molecule has 0 spiro atoms. The van der Waals surface area contributed by atoms with Crippen molar-refractivity contribution in [3.63, 3.8) is 0 Å². The van der Waals surface area contributed by atoms with Crippen LogP contribution in [0.25, 0.3) is 11.1 Å². The average molecular weight is 424 g/mol. The number of rotatable bonds is 7. The highest BCUT2D eigenvalue weighted by Gasteiger charge is 2.21. The Kier molecular flexibility index (Phi) is 6.50. The van der Waals surface area contributed by atoms with Gasteiger partial charge in [0, 0.05) is 19.6 Å². The van der Waals surface area contributed by atoms with Crippen LogP contribution in [-0.4, -0.2) is 20.6 Å². The predicted octanol–water partition coefficient (Wildman–Crippen LogP) is 6.03. The zero-order valence-corrected chi connectivity index (χ0v) is 19.0. The Bertz CT molecular complexity index is 1190. The summed E-state index contributed by atoms with van der Waals surface area (Å²) in [5, 5.41) is 4.48. The molecule has 162 valence electrons. The van der Waals surface area contributed by atoms with E-state index in [1.165, 1.54) is 16.7 Å². The third-order valence-electron chi connectivity index (χ3n) is 5.76. The van der Waals surface area contributed by atoms with Crippen molar-refractivity contribution in [2.75, 3.05) is 0 Å². The van der Waals surface area contributed by atoms with Gasteiger partial charge in [0.25, 0.3) is 5.91 Å². The number of hydrogen-bond acceptors (Lipinski definition) is 2. The first-order valence-corrected chi connectivity index (χ1v) is 11.1. The summed E-state index contributed by atoms with van der Waals surface area (Å²) in [5.41, 5.74) is 7.30. The van der Waals surface area contributed by atoms with Gasteiger partial charge in [-0.25, -0.2) is 0 Å². The van der Waals surface area contributed by atoms with Crippen LogP contribution in [0.4, 0.5) is 0 Å².